The van der Waals surface area contributed by atoms with Crippen LogP contribution >= 0.6 is 11.6 Å². The number of alkyl halides is 6. The van der Waals surface area contributed by atoms with E-state index >= 15 is 0 Å². The topological polar surface area (TPSA) is 62.3 Å². The second-order valence-electron chi connectivity index (χ2n) is 8.66. The third kappa shape index (κ3) is 8.22. The van der Waals surface area contributed by atoms with E-state index in [1.807, 2.05) is 0 Å². The number of benzene rings is 1. The number of pyridine rings is 1. The summed E-state index contributed by atoms with van der Waals surface area (Å²) in [7, 11) is 0. The Morgan fingerprint density at radius 2 is 1.90 bits per heavy atom. The van der Waals surface area contributed by atoms with Crippen molar-refractivity contribution in [1.29, 1.82) is 0 Å². The van der Waals surface area contributed by atoms with Gasteiger partial charge in [-0.05, 0) is 19.4 Å². The Morgan fingerprint density at radius 1 is 1.20 bits per heavy atom. The minimum atomic E-state index is -5.17. The molecule has 0 radical (unpaired) electrons. The summed E-state index contributed by atoms with van der Waals surface area (Å²) >= 11 is 6.07. The third-order valence-corrected chi connectivity index (χ3v) is 6.17. The van der Waals surface area contributed by atoms with Gasteiger partial charge in [-0.2, -0.15) is 50.6 Å². The van der Waals surface area contributed by atoms with Gasteiger partial charge in [-0.15, -0.1) is 17.2 Å². The van der Waals surface area contributed by atoms with E-state index < -0.39 is 59.5 Å². The van der Waals surface area contributed by atoms with E-state index in [1.165, 1.54) is 17.0 Å². The molecule has 1 saturated heterocycles. The summed E-state index contributed by atoms with van der Waals surface area (Å²) in [4.78, 5) is 30.6. The predicted molar refractivity (Wildman–Crippen MR) is 132 cm³/mol. The van der Waals surface area contributed by atoms with Gasteiger partial charge in [0.15, 0.2) is 0 Å². The zero-order valence-electron chi connectivity index (χ0n) is 20.9. The van der Waals surface area contributed by atoms with Crippen LogP contribution in [0.2, 0.25) is 5.02 Å². The Kier molecular flexibility index (Phi) is 11.2. The molecule has 0 bridgehead atoms. The fourth-order valence-corrected chi connectivity index (χ4v) is 4.32. The van der Waals surface area contributed by atoms with Crippen molar-refractivity contribution in [2.24, 2.45) is 0 Å². The molecule has 1 fully saturated rings. The fraction of sp³-hybridized carbons (Fsp3) is 0.296. The molecule has 1 aliphatic rings. The van der Waals surface area contributed by atoms with E-state index in [-0.39, 0.29) is 53.2 Å². The van der Waals surface area contributed by atoms with Crippen LogP contribution in [0.5, 0.6) is 0 Å². The van der Waals surface area contributed by atoms with Gasteiger partial charge in [0.05, 0.1) is 35.3 Å². The minimum absolute atomic E-state index is 0. The van der Waals surface area contributed by atoms with Crippen LogP contribution in [0.1, 0.15) is 41.8 Å². The third-order valence-electron chi connectivity index (χ3n) is 5.95. The van der Waals surface area contributed by atoms with Crippen LogP contribution in [-0.2, 0) is 45.7 Å². The maximum Gasteiger partial charge on any atom is 0.418 e. The molecule has 0 spiro atoms. The van der Waals surface area contributed by atoms with Gasteiger partial charge < -0.3 is 10.2 Å². The molecule has 13 heteroatoms. The van der Waals surface area contributed by atoms with Crippen LogP contribution in [0.3, 0.4) is 0 Å². The van der Waals surface area contributed by atoms with Gasteiger partial charge in [-0.3, -0.25) is 14.6 Å². The second kappa shape index (κ2) is 13.5. The minimum Gasteiger partial charge on any atom is -0.347 e. The van der Waals surface area contributed by atoms with E-state index in [1.54, 1.807) is 37.3 Å². The van der Waals surface area contributed by atoms with Crippen LogP contribution < -0.4 is 5.32 Å². The van der Waals surface area contributed by atoms with Crippen LogP contribution in [0.25, 0.3) is 0 Å². The number of amides is 2. The summed E-state index contributed by atoms with van der Waals surface area (Å²) in [6.45, 7) is 5.54. The molecule has 1 N–H and O–H groups in total. The van der Waals surface area contributed by atoms with Crippen LogP contribution in [0.15, 0.2) is 66.9 Å². The van der Waals surface area contributed by atoms with Crippen molar-refractivity contribution in [3.05, 3.63) is 100 Å². The first-order valence-corrected chi connectivity index (χ1v) is 12.0. The van der Waals surface area contributed by atoms with Gasteiger partial charge in [-0.25, -0.2) is 0 Å². The SMILES string of the molecule is C=C(/C=C\C=C/C)C(=O)N[C@@H]1CCN(C(=O)Cc2ncc(C(F)(F)F)cc2C(F)(F)F)C1c1[c-]c(Cl)ccc1.[Cr]. The monoisotopic (exact) mass is 622 g/mol. The Balaban J connectivity index is 0.00000560. The zero-order chi connectivity index (χ0) is 29.0. The van der Waals surface area contributed by atoms with E-state index in [0.717, 1.165) is 0 Å². The number of nitrogens with zero attached hydrogens (tertiary/aromatic N) is 2. The Morgan fingerprint density at radius 3 is 2.50 bits per heavy atom. The average Bonchev–Trinajstić information content (AvgIpc) is 3.26. The summed E-state index contributed by atoms with van der Waals surface area (Å²) < 4.78 is 79.9. The molecule has 3 rings (SSSR count). The molecular formula is C27H23ClCrF6N3O2-. The van der Waals surface area contributed by atoms with Crippen molar-refractivity contribution < 1.29 is 53.3 Å². The molecule has 1 aliphatic heterocycles. The quantitative estimate of drug-likeness (QED) is 0.172. The molecule has 1 aromatic carbocycles. The first-order chi connectivity index (χ1) is 18.2. The van der Waals surface area contributed by atoms with Gasteiger partial charge in [0.2, 0.25) is 5.91 Å². The zero-order valence-corrected chi connectivity index (χ0v) is 23.0. The van der Waals surface area contributed by atoms with Crippen molar-refractivity contribution in [2.45, 2.75) is 44.2 Å². The van der Waals surface area contributed by atoms with E-state index in [2.05, 4.69) is 22.9 Å². The molecule has 0 aliphatic carbocycles. The standard InChI is InChI=1S/C27H23ClF6N3O2.Cr/c1-3-4-5-7-16(2)25(39)36-21-10-11-37(24(21)17-8-6-9-19(28)12-17)23(38)14-22-20(27(32,33)34)13-18(15-35-22)26(29,30)31;/h3-9,13,15,21,24H,2,10-11,14H2,1H3,(H,36,39);/q-1;/b4-3-,7-5-;/t21-,24?;/m1./s1. The average molecular weight is 623 g/mol. The van der Waals surface area contributed by atoms with Gasteiger partial charge in [0.25, 0.3) is 5.91 Å². The molecule has 40 heavy (non-hydrogen) atoms. The fourth-order valence-electron chi connectivity index (χ4n) is 4.14. The van der Waals surface area contributed by atoms with Crippen molar-refractivity contribution in [2.75, 3.05) is 6.54 Å². The van der Waals surface area contributed by atoms with Crippen LogP contribution in [0.4, 0.5) is 26.3 Å². The van der Waals surface area contributed by atoms with Gasteiger partial charge in [0, 0.05) is 35.7 Å². The maximum atomic E-state index is 13.6. The number of allylic oxidation sites excluding steroid dienone is 3. The normalized spacial score (nSPS) is 17.8. The number of hydrogen-bond donors (Lipinski definition) is 1. The summed E-state index contributed by atoms with van der Waals surface area (Å²) in [5, 5.41) is 3.00. The van der Waals surface area contributed by atoms with Crippen LogP contribution in [0, 0.1) is 6.07 Å². The van der Waals surface area contributed by atoms with Gasteiger partial charge in [0.1, 0.15) is 0 Å². The number of aromatic nitrogens is 1. The van der Waals surface area contributed by atoms with Gasteiger partial charge in [-0.1, -0.05) is 35.9 Å². The molecule has 1 unspecified atom stereocenters. The smallest absolute Gasteiger partial charge is 0.347 e. The number of halogens is 7. The summed E-state index contributed by atoms with van der Waals surface area (Å²) in [5.41, 5.74) is -3.54. The summed E-state index contributed by atoms with van der Waals surface area (Å²) in [5.74, 6) is -1.35. The molecule has 2 aromatic rings. The van der Waals surface area contributed by atoms with E-state index in [9.17, 15) is 35.9 Å². The van der Waals surface area contributed by atoms with E-state index in [4.69, 9.17) is 11.6 Å². The molecule has 5 nitrogen and oxygen atoms in total. The summed E-state index contributed by atoms with van der Waals surface area (Å²) in [6.07, 6.45) is -4.08. The van der Waals surface area contributed by atoms with E-state index in [0.29, 0.717) is 5.56 Å². The number of likely N-dealkylation sites (tertiary alicyclic amines) is 1. The van der Waals surface area contributed by atoms with Crippen molar-refractivity contribution in [3.63, 3.8) is 0 Å². The first kappa shape index (κ1) is 33.1. The Bertz CT molecular complexity index is 1310. The molecular weight excluding hydrogens is 600 g/mol. The summed E-state index contributed by atoms with van der Waals surface area (Å²) in [6, 6.07) is 6.01. The van der Waals surface area contributed by atoms with Gasteiger partial charge >= 0.3 is 12.4 Å². The number of carbonyl (C=O) groups excluding carboxylic acids is 2. The van der Waals surface area contributed by atoms with Crippen molar-refractivity contribution in [1.82, 2.24) is 15.2 Å². The molecule has 1 aromatic heterocycles. The molecule has 2 amide bonds. The number of nitrogens with one attached hydrogen (secondary N) is 1. The second-order valence-corrected chi connectivity index (χ2v) is 9.06. The predicted octanol–water partition coefficient (Wildman–Crippen LogP) is 6.26. The molecule has 214 valence electrons. The number of rotatable bonds is 7. The van der Waals surface area contributed by atoms with Crippen molar-refractivity contribution in [3.8, 4) is 0 Å². The molecule has 2 heterocycles. The van der Waals surface area contributed by atoms with Crippen molar-refractivity contribution >= 4 is 23.4 Å². The van der Waals surface area contributed by atoms with Crippen LogP contribution in [-0.4, -0.2) is 34.3 Å². The molecule has 2 atom stereocenters. The molecule has 0 saturated carbocycles. The maximum absolute atomic E-state index is 13.6. The number of carbonyl (C=O) groups is 2. The first-order valence-electron chi connectivity index (χ1n) is 11.6. The Labute approximate surface area is 242 Å². The number of hydrogen-bond acceptors (Lipinski definition) is 3. The largest absolute Gasteiger partial charge is 0.418 e. The Hall–Kier alpha value is -3.07.